The van der Waals surface area contributed by atoms with Crippen LogP contribution >= 0.6 is 0 Å². The zero-order valence-corrected chi connectivity index (χ0v) is 9.42. The molecule has 1 rings (SSSR count). The number of nitrogens with one attached hydrogen (secondary N) is 1. The molecule has 0 spiro atoms. The van der Waals surface area contributed by atoms with Crippen LogP contribution < -0.4 is 15.8 Å². The summed E-state index contributed by atoms with van der Waals surface area (Å²) in [5.41, 5.74) is 6.75. The Morgan fingerprint density at radius 3 is 2.94 bits per heavy atom. The van der Waals surface area contributed by atoms with Gasteiger partial charge in [0.1, 0.15) is 0 Å². The molecule has 4 heteroatoms. The molecule has 1 aromatic rings. The van der Waals surface area contributed by atoms with Crippen LogP contribution in [0.4, 0.5) is 15.8 Å². The minimum atomic E-state index is -0.436. The van der Waals surface area contributed by atoms with E-state index in [1.54, 1.807) is 19.1 Å². The zero-order valence-electron chi connectivity index (χ0n) is 9.42. The highest BCUT2D eigenvalue weighted by atomic mass is 19.1. The molecule has 3 N–H and O–H groups in total. The second kappa shape index (κ2) is 6.00. The highest BCUT2D eigenvalue weighted by molar-refractivity contribution is 5.68. The lowest BCUT2D eigenvalue weighted by molar-refractivity contribution is 0.322. The molecule has 0 aliphatic heterocycles. The molecule has 0 fully saturated rings. The molecule has 0 heterocycles. The number of nitrogens with two attached hydrogens (primary N) is 1. The maximum atomic E-state index is 13.4. The quantitative estimate of drug-likeness (QED) is 0.444. The van der Waals surface area contributed by atoms with E-state index in [9.17, 15) is 4.39 Å². The van der Waals surface area contributed by atoms with Gasteiger partial charge in [0, 0.05) is 18.7 Å². The van der Waals surface area contributed by atoms with Crippen LogP contribution in [0.5, 0.6) is 5.75 Å². The van der Waals surface area contributed by atoms with E-state index in [1.165, 1.54) is 6.07 Å². The van der Waals surface area contributed by atoms with Gasteiger partial charge in [-0.1, -0.05) is 6.08 Å². The molecule has 0 amide bonds. The van der Waals surface area contributed by atoms with Crippen molar-refractivity contribution in [2.75, 3.05) is 24.2 Å². The number of anilines is 2. The van der Waals surface area contributed by atoms with Crippen LogP contribution in [0.15, 0.2) is 24.8 Å². The lowest BCUT2D eigenvalue weighted by Crippen LogP contribution is -2.05. The summed E-state index contributed by atoms with van der Waals surface area (Å²) in [7, 11) is 0. The van der Waals surface area contributed by atoms with Crippen LogP contribution in [-0.4, -0.2) is 13.2 Å². The number of ether oxygens (including phenoxy) is 1. The van der Waals surface area contributed by atoms with Crippen molar-refractivity contribution >= 4 is 11.4 Å². The van der Waals surface area contributed by atoms with Crippen molar-refractivity contribution < 1.29 is 9.13 Å². The number of halogens is 1. The number of rotatable bonds is 6. The Hall–Kier alpha value is -1.71. The van der Waals surface area contributed by atoms with E-state index in [1.807, 2.05) is 0 Å². The van der Waals surface area contributed by atoms with E-state index < -0.39 is 5.82 Å². The summed E-state index contributed by atoms with van der Waals surface area (Å²) in [5.74, 6) is -0.216. The number of hydrogen-bond donors (Lipinski definition) is 2. The van der Waals surface area contributed by atoms with Gasteiger partial charge in [-0.05, 0) is 13.3 Å². The highest BCUT2D eigenvalue weighted by Crippen LogP contribution is 2.28. The van der Waals surface area contributed by atoms with Crippen molar-refractivity contribution in [3.05, 3.63) is 30.6 Å². The summed E-state index contributed by atoms with van der Waals surface area (Å²) >= 11 is 0. The zero-order chi connectivity index (χ0) is 12.0. The predicted molar refractivity (Wildman–Crippen MR) is 65.3 cm³/mol. The summed E-state index contributed by atoms with van der Waals surface area (Å²) in [6.07, 6.45) is 2.62. The van der Waals surface area contributed by atoms with Gasteiger partial charge in [0.25, 0.3) is 0 Å². The first-order chi connectivity index (χ1) is 7.69. The molecule has 0 aliphatic rings. The summed E-state index contributed by atoms with van der Waals surface area (Å²) in [5, 5.41) is 3.10. The Kier molecular flexibility index (Phi) is 4.64. The minimum Gasteiger partial charge on any atom is -0.491 e. The molecule has 1 aromatic carbocycles. The Morgan fingerprint density at radius 2 is 2.31 bits per heavy atom. The third-order valence-electron chi connectivity index (χ3n) is 2.07. The monoisotopic (exact) mass is 224 g/mol. The van der Waals surface area contributed by atoms with Gasteiger partial charge in [-0.15, -0.1) is 6.58 Å². The SMILES string of the molecule is C=CCCNc1cc(OCC)c(F)cc1N. The molecule has 0 aliphatic carbocycles. The van der Waals surface area contributed by atoms with E-state index in [0.717, 1.165) is 6.42 Å². The van der Waals surface area contributed by atoms with Crippen molar-refractivity contribution in [3.63, 3.8) is 0 Å². The second-order valence-corrected chi connectivity index (χ2v) is 3.31. The highest BCUT2D eigenvalue weighted by Gasteiger charge is 2.08. The second-order valence-electron chi connectivity index (χ2n) is 3.31. The van der Waals surface area contributed by atoms with Gasteiger partial charge in [-0.25, -0.2) is 4.39 Å². The number of nitrogen functional groups attached to an aromatic ring is 1. The van der Waals surface area contributed by atoms with E-state index in [0.29, 0.717) is 24.5 Å². The van der Waals surface area contributed by atoms with Gasteiger partial charge in [-0.3, -0.25) is 0 Å². The lowest BCUT2D eigenvalue weighted by Gasteiger charge is -2.11. The van der Waals surface area contributed by atoms with Gasteiger partial charge in [0.2, 0.25) is 0 Å². The summed E-state index contributed by atoms with van der Waals surface area (Å²) in [6.45, 7) is 6.56. The van der Waals surface area contributed by atoms with E-state index in [-0.39, 0.29) is 5.75 Å². The van der Waals surface area contributed by atoms with E-state index in [4.69, 9.17) is 10.5 Å². The molecule has 3 nitrogen and oxygen atoms in total. The average molecular weight is 224 g/mol. The topological polar surface area (TPSA) is 47.3 Å². The van der Waals surface area contributed by atoms with Crippen LogP contribution in [0.1, 0.15) is 13.3 Å². The number of benzene rings is 1. The predicted octanol–water partition coefficient (Wildman–Crippen LogP) is 2.79. The first kappa shape index (κ1) is 12.4. The standard InChI is InChI=1S/C12H17FN2O/c1-3-5-6-15-11-8-12(16-4-2)9(13)7-10(11)14/h3,7-8,15H,1,4-6,14H2,2H3. The molecule has 0 radical (unpaired) electrons. The molecule has 0 saturated heterocycles. The third kappa shape index (κ3) is 3.15. The van der Waals surface area contributed by atoms with E-state index in [2.05, 4.69) is 11.9 Å². The molecule has 0 atom stereocenters. The normalized spacial score (nSPS) is 9.88. The van der Waals surface area contributed by atoms with Gasteiger partial charge in [-0.2, -0.15) is 0 Å². The van der Waals surface area contributed by atoms with Crippen LogP contribution in [0.2, 0.25) is 0 Å². The molecule has 0 saturated carbocycles. The van der Waals surface area contributed by atoms with Crippen LogP contribution in [0.3, 0.4) is 0 Å². The van der Waals surface area contributed by atoms with E-state index >= 15 is 0 Å². The van der Waals surface area contributed by atoms with Crippen molar-refractivity contribution in [2.45, 2.75) is 13.3 Å². The molecule has 88 valence electrons. The largest absolute Gasteiger partial charge is 0.491 e. The summed E-state index contributed by atoms with van der Waals surface area (Å²) < 4.78 is 18.5. The molecule has 0 aromatic heterocycles. The lowest BCUT2D eigenvalue weighted by atomic mass is 10.2. The smallest absolute Gasteiger partial charge is 0.167 e. The Morgan fingerprint density at radius 1 is 1.56 bits per heavy atom. The van der Waals surface area contributed by atoms with Crippen molar-refractivity contribution in [3.8, 4) is 5.75 Å². The Balaban J connectivity index is 2.82. The fourth-order valence-electron chi connectivity index (χ4n) is 1.30. The molecular formula is C12H17FN2O. The van der Waals surface area contributed by atoms with Crippen molar-refractivity contribution in [1.29, 1.82) is 0 Å². The number of hydrogen-bond acceptors (Lipinski definition) is 3. The van der Waals surface area contributed by atoms with Gasteiger partial charge in [0.05, 0.1) is 18.0 Å². The first-order valence-corrected chi connectivity index (χ1v) is 5.25. The van der Waals surface area contributed by atoms with Gasteiger partial charge < -0.3 is 15.8 Å². The van der Waals surface area contributed by atoms with Crippen molar-refractivity contribution in [2.24, 2.45) is 0 Å². The maximum Gasteiger partial charge on any atom is 0.167 e. The maximum absolute atomic E-state index is 13.4. The molecule has 0 bridgehead atoms. The van der Waals surface area contributed by atoms with Crippen LogP contribution in [0, 0.1) is 5.82 Å². The van der Waals surface area contributed by atoms with Crippen LogP contribution in [0.25, 0.3) is 0 Å². The van der Waals surface area contributed by atoms with Crippen LogP contribution in [-0.2, 0) is 0 Å². The van der Waals surface area contributed by atoms with Gasteiger partial charge >= 0.3 is 0 Å². The summed E-state index contributed by atoms with van der Waals surface area (Å²) in [4.78, 5) is 0. The third-order valence-corrected chi connectivity index (χ3v) is 2.07. The Labute approximate surface area is 95.1 Å². The molecule has 0 unspecified atom stereocenters. The van der Waals surface area contributed by atoms with Crippen molar-refractivity contribution in [1.82, 2.24) is 0 Å². The van der Waals surface area contributed by atoms with Gasteiger partial charge in [0.15, 0.2) is 11.6 Å². The first-order valence-electron chi connectivity index (χ1n) is 5.25. The Bertz CT molecular complexity index is 366. The summed E-state index contributed by atoms with van der Waals surface area (Å²) in [6, 6.07) is 2.85. The molecular weight excluding hydrogens is 207 g/mol. The molecule has 16 heavy (non-hydrogen) atoms. The fourth-order valence-corrected chi connectivity index (χ4v) is 1.30. The minimum absolute atomic E-state index is 0.220. The average Bonchev–Trinajstić information content (AvgIpc) is 2.25. The fraction of sp³-hybridized carbons (Fsp3) is 0.333.